The largest absolute Gasteiger partial charge is 0.493 e. The number of likely N-dealkylation sites (tertiary alicyclic amines) is 1. The topological polar surface area (TPSA) is 68.2 Å². The number of hydrogen-bond acceptors (Lipinski definition) is 6. The number of carboxylic acid groups (broad SMARTS) is 1. The summed E-state index contributed by atoms with van der Waals surface area (Å²) in [6.45, 7) is 1.40. The zero-order chi connectivity index (χ0) is 22.0. The van der Waals surface area contributed by atoms with E-state index in [2.05, 4.69) is 23.1 Å². The number of methoxy groups -OCH3 is 3. The third kappa shape index (κ3) is 4.07. The Morgan fingerprint density at radius 2 is 1.74 bits per heavy atom. The fourth-order valence-electron chi connectivity index (χ4n) is 4.41. The van der Waals surface area contributed by atoms with Crippen molar-refractivity contribution in [3.8, 4) is 17.2 Å². The standard InChI is InChI=1S/C24H27NO5S/c1-28-18-9-8-17(22(29-2)23(18)30-3)21(25-12-10-15(11-13-25)24(26)27)20-14-16-6-4-5-7-19(16)31-20/h4-9,14-15,21H,10-13H2,1-3H3,(H,26,27). The van der Waals surface area contributed by atoms with Gasteiger partial charge in [-0.15, -0.1) is 11.3 Å². The van der Waals surface area contributed by atoms with Crippen LogP contribution in [-0.2, 0) is 4.79 Å². The van der Waals surface area contributed by atoms with Gasteiger partial charge in [0.05, 0.1) is 33.3 Å². The summed E-state index contributed by atoms with van der Waals surface area (Å²) in [5.41, 5.74) is 0.987. The van der Waals surface area contributed by atoms with Gasteiger partial charge in [-0.2, -0.15) is 0 Å². The van der Waals surface area contributed by atoms with E-state index in [1.807, 2.05) is 24.3 Å². The van der Waals surface area contributed by atoms with Crippen LogP contribution in [0.15, 0.2) is 42.5 Å². The van der Waals surface area contributed by atoms with E-state index in [1.54, 1.807) is 32.7 Å². The average molecular weight is 442 g/mol. The number of thiophene rings is 1. The monoisotopic (exact) mass is 441 g/mol. The van der Waals surface area contributed by atoms with Crippen LogP contribution in [0.25, 0.3) is 10.1 Å². The van der Waals surface area contributed by atoms with E-state index in [0.717, 1.165) is 5.56 Å². The quantitative estimate of drug-likeness (QED) is 0.567. The van der Waals surface area contributed by atoms with Crippen molar-refractivity contribution in [2.24, 2.45) is 5.92 Å². The van der Waals surface area contributed by atoms with Crippen molar-refractivity contribution in [3.63, 3.8) is 0 Å². The molecule has 1 aliphatic heterocycles. The first-order chi connectivity index (χ1) is 15.1. The Labute approximate surface area is 186 Å². The molecule has 1 atom stereocenters. The first kappa shape index (κ1) is 21.5. The highest BCUT2D eigenvalue weighted by Gasteiger charge is 2.34. The van der Waals surface area contributed by atoms with Crippen molar-refractivity contribution in [1.82, 2.24) is 4.90 Å². The number of ether oxygens (including phenoxy) is 3. The van der Waals surface area contributed by atoms with Gasteiger partial charge in [-0.1, -0.05) is 18.2 Å². The average Bonchev–Trinajstić information content (AvgIpc) is 3.22. The van der Waals surface area contributed by atoms with E-state index >= 15 is 0 Å². The zero-order valence-corrected chi connectivity index (χ0v) is 18.8. The van der Waals surface area contributed by atoms with Crippen molar-refractivity contribution in [1.29, 1.82) is 0 Å². The van der Waals surface area contributed by atoms with E-state index in [0.29, 0.717) is 43.2 Å². The second kappa shape index (κ2) is 9.16. The van der Waals surface area contributed by atoms with Crippen molar-refractivity contribution in [2.75, 3.05) is 34.4 Å². The Hall–Kier alpha value is -2.77. The van der Waals surface area contributed by atoms with Gasteiger partial charge in [0.2, 0.25) is 5.75 Å². The Morgan fingerprint density at radius 1 is 1.03 bits per heavy atom. The minimum Gasteiger partial charge on any atom is -0.493 e. The van der Waals surface area contributed by atoms with Crippen LogP contribution < -0.4 is 14.2 Å². The molecule has 0 radical (unpaired) electrons. The first-order valence-corrected chi connectivity index (χ1v) is 11.1. The second-order valence-electron chi connectivity index (χ2n) is 7.66. The highest BCUT2D eigenvalue weighted by atomic mass is 32.1. The molecule has 164 valence electrons. The minimum absolute atomic E-state index is 0.0677. The van der Waals surface area contributed by atoms with Crippen molar-refractivity contribution in [3.05, 3.63) is 52.9 Å². The van der Waals surface area contributed by atoms with Gasteiger partial charge in [-0.05, 0) is 55.6 Å². The first-order valence-electron chi connectivity index (χ1n) is 10.3. The molecular weight excluding hydrogens is 414 g/mol. The summed E-state index contributed by atoms with van der Waals surface area (Å²) in [7, 11) is 4.85. The summed E-state index contributed by atoms with van der Waals surface area (Å²) >= 11 is 1.76. The van der Waals surface area contributed by atoms with Crippen LogP contribution in [0.1, 0.15) is 29.3 Å². The molecule has 1 aromatic heterocycles. The smallest absolute Gasteiger partial charge is 0.306 e. The van der Waals surface area contributed by atoms with Crippen molar-refractivity contribution < 1.29 is 24.1 Å². The van der Waals surface area contributed by atoms with Crippen LogP contribution in [0.3, 0.4) is 0 Å². The Kier molecular flexibility index (Phi) is 6.34. The SMILES string of the molecule is COc1ccc(C(c2cc3ccccc3s2)N2CCC(C(=O)O)CC2)c(OC)c1OC. The Bertz CT molecular complexity index is 1040. The fourth-order valence-corrected chi connectivity index (χ4v) is 5.63. The van der Waals surface area contributed by atoms with Gasteiger partial charge < -0.3 is 19.3 Å². The van der Waals surface area contributed by atoms with Crippen LogP contribution in [-0.4, -0.2) is 50.4 Å². The molecule has 0 saturated carbocycles. The molecule has 7 heteroatoms. The number of hydrogen-bond donors (Lipinski definition) is 1. The van der Waals surface area contributed by atoms with Gasteiger partial charge in [0.25, 0.3) is 0 Å². The van der Waals surface area contributed by atoms with Crippen molar-refractivity contribution >= 4 is 27.4 Å². The van der Waals surface area contributed by atoms with Crippen LogP contribution in [0.2, 0.25) is 0 Å². The molecule has 1 unspecified atom stereocenters. The maximum Gasteiger partial charge on any atom is 0.306 e. The molecular formula is C24H27NO5S. The summed E-state index contributed by atoms with van der Waals surface area (Å²) in [4.78, 5) is 15.0. The van der Waals surface area contributed by atoms with Gasteiger partial charge in [0.15, 0.2) is 11.5 Å². The maximum absolute atomic E-state index is 11.5. The van der Waals surface area contributed by atoms with E-state index in [9.17, 15) is 9.90 Å². The molecule has 4 rings (SSSR count). The third-order valence-corrected chi connectivity index (χ3v) is 7.16. The zero-order valence-electron chi connectivity index (χ0n) is 18.0. The van der Waals surface area contributed by atoms with Gasteiger partial charge in [0.1, 0.15) is 0 Å². The number of carboxylic acids is 1. The van der Waals surface area contributed by atoms with E-state index in [1.165, 1.54) is 15.0 Å². The van der Waals surface area contributed by atoms with Gasteiger partial charge in [-0.25, -0.2) is 0 Å². The molecule has 0 spiro atoms. The lowest BCUT2D eigenvalue weighted by Gasteiger charge is -2.37. The molecule has 2 heterocycles. The third-order valence-electron chi connectivity index (χ3n) is 5.99. The summed E-state index contributed by atoms with van der Waals surface area (Å²) in [5, 5.41) is 10.6. The number of fused-ring (bicyclic) bond motifs is 1. The minimum atomic E-state index is -0.707. The number of rotatable bonds is 7. The number of carbonyl (C=O) groups is 1. The lowest BCUT2D eigenvalue weighted by atomic mass is 9.93. The molecule has 2 aromatic carbocycles. The predicted octanol–water partition coefficient (Wildman–Crippen LogP) is 4.81. The molecule has 31 heavy (non-hydrogen) atoms. The van der Waals surface area contributed by atoms with Crippen LogP contribution in [0.5, 0.6) is 17.2 Å². The molecule has 1 fully saturated rings. The maximum atomic E-state index is 11.5. The van der Waals surface area contributed by atoms with Crippen molar-refractivity contribution in [2.45, 2.75) is 18.9 Å². The van der Waals surface area contributed by atoms with Gasteiger partial charge >= 0.3 is 5.97 Å². The van der Waals surface area contributed by atoms with Gasteiger partial charge in [0, 0.05) is 15.1 Å². The molecule has 0 aliphatic carbocycles. The Morgan fingerprint density at radius 3 is 2.35 bits per heavy atom. The van der Waals surface area contributed by atoms with Crippen LogP contribution in [0, 0.1) is 5.92 Å². The molecule has 6 nitrogen and oxygen atoms in total. The van der Waals surface area contributed by atoms with Crippen LogP contribution in [0.4, 0.5) is 0 Å². The summed E-state index contributed by atoms with van der Waals surface area (Å²) in [6, 6.07) is 14.4. The summed E-state index contributed by atoms with van der Waals surface area (Å²) in [5.74, 6) is 0.829. The van der Waals surface area contributed by atoms with E-state index in [-0.39, 0.29) is 12.0 Å². The molecule has 1 saturated heterocycles. The molecule has 1 aliphatic rings. The summed E-state index contributed by atoms with van der Waals surface area (Å²) < 4.78 is 18.1. The molecule has 1 N–H and O–H groups in total. The second-order valence-corrected chi connectivity index (χ2v) is 8.78. The summed E-state index contributed by atoms with van der Waals surface area (Å²) in [6.07, 6.45) is 1.26. The van der Waals surface area contributed by atoms with Gasteiger partial charge in [-0.3, -0.25) is 9.69 Å². The lowest BCUT2D eigenvalue weighted by molar-refractivity contribution is -0.143. The predicted molar refractivity (Wildman–Crippen MR) is 122 cm³/mol. The number of benzene rings is 2. The molecule has 0 bridgehead atoms. The Balaban J connectivity index is 1.82. The number of aliphatic carboxylic acids is 1. The van der Waals surface area contributed by atoms with E-state index in [4.69, 9.17) is 14.2 Å². The fraction of sp³-hybridized carbons (Fsp3) is 0.375. The lowest BCUT2D eigenvalue weighted by Crippen LogP contribution is -2.39. The number of nitrogens with zero attached hydrogens (tertiary/aromatic N) is 1. The van der Waals surface area contributed by atoms with E-state index < -0.39 is 5.97 Å². The highest BCUT2D eigenvalue weighted by molar-refractivity contribution is 7.19. The number of piperidine rings is 1. The highest BCUT2D eigenvalue weighted by Crippen LogP contribution is 2.47. The molecule has 0 amide bonds. The van der Waals surface area contributed by atoms with Crippen LogP contribution >= 0.6 is 11.3 Å². The normalized spacial score (nSPS) is 16.2. The molecule has 3 aromatic rings.